The smallest absolute Gasteiger partial charge is 0.220 e. The number of hydrogen-bond donors (Lipinski definition) is 6. The fourth-order valence-electron chi connectivity index (χ4n) is 11.6. The lowest BCUT2D eigenvalue weighted by molar-refractivity contribution is -0.302. The van der Waals surface area contributed by atoms with Crippen LogP contribution >= 0.6 is 0 Å². The highest BCUT2D eigenvalue weighted by atomic mass is 16.7. The molecule has 1 rings (SSSR count). The highest BCUT2D eigenvalue weighted by molar-refractivity contribution is 5.76. The van der Waals surface area contributed by atoms with E-state index in [1.54, 1.807) is 6.08 Å². The van der Waals surface area contributed by atoms with Crippen LogP contribution in [0.5, 0.6) is 0 Å². The molecule has 7 unspecified atom stereocenters. The average Bonchev–Trinajstić information content (AvgIpc) is 3.65. The molecule has 0 aromatic heterocycles. The number of allylic oxidation sites excluding steroid dienone is 15. The van der Waals surface area contributed by atoms with Gasteiger partial charge in [-0.15, -0.1) is 0 Å². The molecule has 0 aromatic rings. The standard InChI is InChI=1S/C79H141NO8/c1-3-5-7-9-11-13-15-17-19-21-23-25-27-29-31-33-35-36-37-38-39-41-43-45-47-49-51-53-55-57-59-61-63-65-67-69-75(83)80-72(71-87-79-78(86)77(85)76(84)74(70-81)88-79)73(82)68-66-64-62-60-58-56-54-52-50-48-46-44-42-40-34-32-30-28-26-24-22-20-18-16-14-12-10-8-6-4-2/h5,7,11,13,17,19,23,25,29,31,35-36,58,60,66,68,72-74,76-79,81-82,84-86H,3-4,6,8-10,12,14-16,18,20-22,24,26-28,30,32-34,37-57,59,61-65,67,69-71H2,1-2H3,(H,80,83)/b7-5-,13-11-,19-17-,25-23-,31-29-,36-35-,60-58+,68-66+. The van der Waals surface area contributed by atoms with Crippen molar-refractivity contribution < 1.29 is 39.8 Å². The third-order valence-electron chi connectivity index (χ3n) is 17.4. The SMILES string of the molecule is CC/C=C\C/C=C\C/C=C\C/C=C\C/C=C\C/C=C\CCCCCCCCCCCCCCCCCCC(=O)NC(COC1OC(CO)C(O)C(O)C1O)C(O)/C=C/CC/C=C/CCCCCCCCCCCCCCCCCCCCCCCCCC. The predicted molar refractivity (Wildman–Crippen MR) is 378 cm³/mol. The van der Waals surface area contributed by atoms with Gasteiger partial charge >= 0.3 is 0 Å². The molecule has 0 aromatic carbocycles. The number of nitrogens with one attached hydrogen (secondary N) is 1. The molecule has 7 atom stereocenters. The minimum Gasteiger partial charge on any atom is -0.394 e. The Morgan fingerprint density at radius 3 is 1.09 bits per heavy atom. The second-order valence-electron chi connectivity index (χ2n) is 25.7. The van der Waals surface area contributed by atoms with Crippen LogP contribution in [0.2, 0.25) is 0 Å². The molecule has 6 N–H and O–H groups in total. The summed E-state index contributed by atoms with van der Waals surface area (Å²) in [7, 11) is 0. The van der Waals surface area contributed by atoms with Gasteiger partial charge in [0.1, 0.15) is 24.4 Å². The van der Waals surface area contributed by atoms with Crippen LogP contribution in [0, 0.1) is 0 Å². The first kappa shape index (κ1) is 83.1. The molecule has 1 aliphatic rings. The maximum absolute atomic E-state index is 13.2. The summed E-state index contributed by atoms with van der Waals surface area (Å²) < 4.78 is 11.3. The number of unbranched alkanes of at least 4 members (excludes halogenated alkanes) is 41. The molecule has 0 saturated carbocycles. The van der Waals surface area contributed by atoms with Crippen molar-refractivity contribution in [2.45, 2.75) is 384 Å². The summed E-state index contributed by atoms with van der Waals surface area (Å²) in [5, 5.41) is 54.8. The Morgan fingerprint density at radius 1 is 0.398 bits per heavy atom. The number of amides is 1. The molecule has 88 heavy (non-hydrogen) atoms. The van der Waals surface area contributed by atoms with Crippen molar-refractivity contribution in [1.82, 2.24) is 5.32 Å². The van der Waals surface area contributed by atoms with E-state index in [9.17, 15) is 30.3 Å². The number of carbonyl (C=O) groups excluding carboxylic acids is 1. The number of aliphatic hydroxyl groups excluding tert-OH is 5. The summed E-state index contributed by atoms with van der Waals surface area (Å²) in [5.74, 6) is -0.185. The zero-order valence-electron chi connectivity index (χ0n) is 57.2. The van der Waals surface area contributed by atoms with Gasteiger partial charge in [-0.3, -0.25) is 4.79 Å². The van der Waals surface area contributed by atoms with Gasteiger partial charge in [-0.25, -0.2) is 0 Å². The molecule has 0 bridgehead atoms. The van der Waals surface area contributed by atoms with Crippen molar-refractivity contribution in [3.63, 3.8) is 0 Å². The van der Waals surface area contributed by atoms with E-state index < -0.39 is 49.5 Å². The van der Waals surface area contributed by atoms with Gasteiger partial charge in [0.2, 0.25) is 5.91 Å². The van der Waals surface area contributed by atoms with E-state index in [1.807, 2.05) is 6.08 Å². The molecule has 0 spiro atoms. The van der Waals surface area contributed by atoms with Crippen molar-refractivity contribution >= 4 is 5.91 Å². The maximum atomic E-state index is 13.2. The lowest BCUT2D eigenvalue weighted by Crippen LogP contribution is -2.60. The number of rotatable bonds is 65. The van der Waals surface area contributed by atoms with Crippen molar-refractivity contribution in [3.05, 3.63) is 97.2 Å². The molecule has 1 aliphatic heterocycles. The fourth-order valence-corrected chi connectivity index (χ4v) is 11.6. The van der Waals surface area contributed by atoms with E-state index in [4.69, 9.17) is 9.47 Å². The van der Waals surface area contributed by atoms with Gasteiger partial charge in [-0.1, -0.05) is 349 Å². The average molecular weight is 1230 g/mol. The summed E-state index contributed by atoms with van der Waals surface area (Å²) in [5.41, 5.74) is 0. The molecule has 1 saturated heterocycles. The molecule has 1 fully saturated rings. The Morgan fingerprint density at radius 2 is 0.716 bits per heavy atom. The van der Waals surface area contributed by atoms with Crippen LogP contribution in [0.1, 0.15) is 341 Å². The van der Waals surface area contributed by atoms with E-state index in [0.29, 0.717) is 6.42 Å². The molecule has 0 aliphatic carbocycles. The lowest BCUT2D eigenvalue weighted by atomic mass is 9.99. The molecule has 1 heterocycles. The number of aliphatic hydroxyl groups is 5. The maximum Gasteiger partial charge on any atom is 0.220 e. The topological polar surface area (TPSA) is 149 Å². The molecular formula is C79H141NO8. The summed E-state index contributed by atoms with van der Waals surface area (Å²) in [6.07, 6.45) is 91.0. The van der Waals surface area contributed by atoms with Crippen LogP contribution in [0.4, 0.5) is 0 Å². The Bertz CT molecular complexity index is 1720. The molecule has 9 heteroatoms. The van der Waals surface area contributed by atoms with Crippen molar-refractivity contribution in [2.75, 3.05) is 13.2 Å². The Labute approximate surface area is 543 Å². The van der Waals surface area contributed by atoms with Crippen LogP contribution in [0.15, 0.2) is 97.2 Å². The van der Waals surface area contributed by atoms with Crippen molar-refractivity contribution in [2.24, 2.45) is 0 Å². The molecule has 1 amide bonds. The first-order valence-electron chi connectivity index (χ1n) is 37.5. The number of carbonyl (C=O) groups is 1. The first-order chi connectivity index (χ1) is 43.3. The van der Waals surface area contributed by atoms with Crippen molar-refractivity contribution in [1.29, 1.82) is 0 Å². The Hall–Kier alpha value is -2.89. The third kappa shape index (κ3) is 54.8. The van der Waals surface area contributed by atoms with Gasteiger partial charge in [-0.2, -0.15) is 0 Å². The van der Waals surface area contributed by atoms with Gasteiger partial charge in [0, 0.05) is 6.42 Å². The quantitative estimate of drug-likeness (QED) is 0.0261. The third-order valence-corrected chi connectivity index (χ3v) is 17.4. The molecule has 9 nitrogen and oxygen atoms in total. The zero-order valence-corrected chi connectivity index (χ0v) is 57.2. The second kappa shape index (κ2) is 67.0. The van der Waals surface area contributed by atoms with Crippen LogP contribution in [0.25, 0.3) is 0 Å². The molecule has 510 valence electrons. The van der Waals surface area contributed by atoms with E-state index >= 15 is 0 Å². The van der Waals surface area contributed by atoms with Gasteiger partial charge in [0.25, 0.3) is 0 Å². The Balaban J connectivity index is 2.12. The van der Waals surface area contributed by atoms with Gasteiger partial charge in [-0.05, 0) is 83.5 Å². The predicted octanol–water partition coefficient (Wildman–Crippen LogP) is 21.0. The Kier molecular flexibility index (Phi) is 63.3. The lowest BCUT2D eigenvalue weighted by Gasteiger charge is -2.40. The minimum absolute atomic E-state index is 0.185. The summed E-state index contributed by atoms with van der Waals surface area (Å²) in [4.78, 5) is 13.2. The van der Waals surface area contributed by atoms with Crippen LogP contribution in [-0.4, -0.2) is 87.5 Å². The van der Waals surface area contributed by atoms with E-state index in [-0.39, 0.29) is 12.5 Å². The first-order valence-corrected chi connectivity index (χ1v) is 37.5. The molecule has 0 radical (unpaired) electrons. The highest BCUT2D eigenvalue weighted by Gasteiger charge is 2.44. The number of hydrogen-bond acceptors (Lipinski definition) is 8. The zero-order chi connectivity index (χ0) is 63.5. The van der Waals surface area contributed by atoms with Crippen molar-refractivity contribution in [3.8, 4) is 0 Å². The fraction of sp³-hybridized carbons (Fsp3) is 0.785. The normalized spacial score (nSPS) is 18.5. The number of ether oxygens (including phenoxy) is 2. The summed E-state index contributed by atoms with van der Waals surface area (Å²) >= 11 is 0. The minimum atomic E-state index is -1.58. The van der Waals surface area contributed by atoms with Gasteiger partial charge in [0.05, 0.1) is 25.4 Å². The largest absolute Gasteiger partial charge is 0.394 e. The van der Waals surface area contributed by atoms with Crippen LogP contribution in [-0.2, 0) is 14.3 Å². The van der Waals surface area contributed by atoms with E-state index in [0.717, 1.165) is 77.0 Å². The summed E-state index contributed by atoms with van der Waals surface area (Å²) in [6, 6.07) is -0.828. The van der Waals surface area contributed by atoms with Crippen LogP contribution < -0.4 is 5.32 Å². The van der Waals surface area contributed by atoms with E-state index in [1.165, 1.54) is 244 Å². The molecular weight excluding hydrogens is 1090 g/mol. The highest BCUT2D eigenvalue weighted by Crippen LogP contribution is 2.23. The van der Waals surface area contributed by atoms with Crippen LogP contribution in [0.3, 0.4) is 0 Å². The van der Waals surface area contributed by atoms with Gasteiger partial charge < -0.3 is 40.3 Å². The summed E-state index contributed by atoms with van der Waals surface area (Å²) in [6.45, 7) is 3.69. The second-order valence-corrected chi connectivity index (χ2v) is 25.7. The van der Waals surface area contributed by atoms with Gasteiger partial charge in [0.15, 0.2) is 6.29 Å². The monoisotopic (exact) mass is 1230 g/mol. The van der Waals surface area contributed by atoms with E-state index in [2.05, 4.69) is 104 Å².